The summed E-state index contributed by atoms with van der Waals surface area (Å²) >= 11 is 0. The standard InChI is InChI=1S/C44H68O8Si5/c1-45-54(46-2,41-25-13-9-14-26-41)37-21-33-53(34-22-38-55(47-3,48-4)42-27-15-10-16-28-42,35-23-39-56(49-5,50-6)43-29-17-11-18-30-43)36-24-40-57(51-7,52-8)44-31-19-12-20-32-44/h9-20,25-32H,21-24,33-40H2,1-8H3. The molecule has 0 fully saturated rings. The molecule has 0 atom stereocenters. The van der Waals surface area contributed by atoms with Crippen molar-refractivity contribution in [3.05, 3.63) is 121 Å². The molecule has 0 N–H and O–H groups in total. The second-order valence-corrected chi connectivity index (χ2v) is 33.6. The molecule has 4 rings (SSSR count). The van der Waals surface area contributed by atoms with E-state index in [0.29, 0.717) is 0 Å². The molecule has 0 unspecified atom stereocenters. The van der Waals surface area contributed by atoms with Gasteiger partial charge in [0, 0.05) is 56.9 Å². The van der Waals surface area contributed by atoms with Crippen molar-refractivity contribution >= 4 is 63.1 Å². The van der Waals surface area contributed by atoms with E-state index >= 15 is 0 Å². The molecule has 13 heteroatoms. The summed E-state index contributed by atoms with van der Waals surface area (Å²) in [5, 5.41) is 4.72. The van der Waals surface area contributed by atoms with Crippen molar-refractivity contribution in [3.63, 3.8) is 0 Å². The normalized spacial score (nSPS) is 12.9. The zero-order chi connectivity index (χ0) is 41.1. The summed E-state index contributed by atoms with van der Waals surface area (Å²) in [7, 11) is 1.94. The first-order valence-electron chi connectivity index (χ1n) is 20.4. The molecule has 0 saturated heterocycles. The van der Waals surface area contributed by atoms with Gasteiger partial charge in [-0.1, -0.05) is 171 Å². The van der Waals surface area contributed by atoms with Crippen LogP contribution >= 0.6 is 0 Å². The molecular formula is C44H68O8Si5. The molecular weight excluding hydrogens is 797 g/mol. The zero-order valence-corrected chi connectivity index (χ0v) is 40.8. The summed E-state index contributed by atoms with van der Waals surface area (Å²) in [6.45, 7) is 0. The molecule has 57 heavy (non-hydrogen) atoms. The lowest BCUT2D eigenvalue weighted by Crippen LogP contribution is -2.53. The number of benzene rings is 4. The maximum Gasteiger partial charge on any atom is 0.371 e. The van der Waals surface area contributed by atoms with Gasteiger partial charge < -0.3 is 35.4 Å². The predicted octanol–water partition coefficient (Wildman–Crippen LogP) is 7.56. The van der Waals surface area contributed by atoms with Crippen LogP contribution in [-0.4, -0.2) is 99.2 Å². The zero-order valence-electron chi connectivity index (χ0n) is 35.8. The van der Waals surface area contributed by atoms with Gasteiger partial charge in [0.1, 0.15) is 0 Å². The topological polar surface area (TPSA) is 73.8 Å². The first kappa shape index (κ1) is 47.3. The molecule has 0 heterocycles. The van der Waals surface area contributed by atoms with Crippen LogP contribution in [0.2, 0.25) is 48.4 Å². The first-order chi connectivity index (χ1) is 27.7. The molecule has 0 aromatic heterocycles. The van der Waals surface area contributed by atoms with Crippen molar-refractivity contribution in [2.24, 2.45) is 0 Å². The van der Waals surface area contributed by atoms with Crippen molar-refractivity contribution in [1.29, 1.82) is 0 Å². The van der Waals surface area contributed by atoms with E-state index in [-0.39, 0.29) is 0 Å². The minimum absolute atomic E-state index is 0.898. The van der Waals surface area contributed by atoms with Gasteiger partial charge in [-0.05, 0) is 44.9 Å². The van der Waals surface area contributed by atoms with Gasteiger partial charge in [-0.3, -0.25) is 0 Å². The molecule has 312 valence electrons. The molecule has 0 saturated carbocycles. The van der Waals surface area contributed by atoms with Crippen LogP contribution in [0.5, 0.6) is 0 Å². The first-order valence-corrected chi connectivity index (χ1v) is 31.3. The van der Waals surface area contributed by atoms with Gasteiger partial charge in [0.2, 0.25) is 0 Å². The van der Waals surface area contributed by atoms with Crippen LogP contribution < -0.4 is 20.7 Å². The Kier molecular flexibility index (Phi) is 19.5. The average molecular weight is 865 g/mol. The Morgan fingerprint density at radius 1 is 0.263 bits per heavy atom. The highest BCUT2D eigenvalue weighted by atomic mass is 28.4. The maximum absolute atomic E-state index is 6.35. The SMILES string of the molecule is CO[Si](CCC[Si](CCC[Si](OC)(OC)c1ccccc1)(CCC[Si](OC)(OC)c1ccccc1)CCC[Si](OC)(OC)c1ccccc1)(OC)c1ccccc1. The third-order valence-electron chi connectivity index (χ3n) is 12.3. The minimum Gasteiger partial charge on any atom is -0.394 e. The molecule has 0 spiro atoms. The van der Waals surface area contributed by atoms with Gasteiger partial charge >= 0.3 is 34.2 Å². The molecule has 4 aromatic rings. The highest BCUT2D eigenvalue weighted by Crippen LogP contribution is 2.38. The van der Waals surface area contributed by atoms with E-state index in [1.165, 1.54) is 44.9 Å². The molecule has 8 nitrogen and oxygen atoms in total. The van der Waals surface area contributed by atoms with Crippen LogP contribution in [0, 0.1) is 0 Å². The Labute approximate surface area is 349 Å². The van der Waals surface area contributed by atoms with Crippen molar-refractivity contribution < 1.29 is 35.4 Å². The Bertz CT molecular complexity index is 1410. The summed E-state index contributed by atoms with van der Waals surface area (Å²) in [4.78, 5) is 0. The van der Waals surface area contributed by atoms with E-state index in [4.69, 9.17) is 35.4 Å². The fraction of sp³-hybridized carbons (Fsp3) is 0.455. The smallest absolute Gasteiger partial charge is 0.371 e. The van der Waals surface area contributed by atoms with E-state index in [1.807, 2.05) is 56.9 Å². The molecule has 0 bridgehead atoms. The van der Waals surface area contributed by atoms with Gasteiger partial charge in [0.05, 0.1) is 8.07 Å². The predicted molar refractivity (Wildman–Crippen MR) is 246 cm³/mol. The van der Waals surface area contributed by atoms with Gasteiger partial charge in [-0.15, -0.1) is 0 Å². The Morgan fingerprint density at radius 3 is 0.596 bits per heavy atom. The Balaban J connectivity index is 1.71. The van der Waals surface area contributed by atoms with Crippen LogP contribution in [0.1, 0.15) is 25.7 Å². The highest BCUT2D eigenvalue weighted by Gasteiger charge is 2.44. The van der Waals surface area contributed by atoms with Crippen LogP contribution in [0.25, 0.3) is 0 Å². The van der Waals surface area contributed by atoms with Crippen LogP contribution in [0.15, 0.2) is 121 Å². The minimum atomic E-state index is -2.65. The van der Waals surface area contributed by atoms with Crippen molar-refractivity contribution in [1.82, 2.24) is 0 Å². The molecule has 0 aliphatic heterocycles. The number of rotatable bonds is 28. The van der Waals surface area contributed by atoms with E-state index in [0.717, 1.165) is 49.9 Å². The van der Waals surface area contributed by atoms with Crippen LogP contribution in [0.3, 0.4) is 0 Å². The summed E-state index contributed by atoms with van der Waals surface area (Å²) in [5.74, 6) is 0. The fourth-order valence-corrected chi connectivity index (χ4v) is 26.3. The summed E-state index contributed by atoms with van der Waals surface area (Å²) in [6, 6.07) is 50.5. The molecule has 0 radical (unpaired) electrons. The summed E-state index contributed by atoms with van der Waals surface area (Å²) in [5.41, 5.74) is 0. The van der Waals surface area contributed by atoms with Crippen molar-refractivity contribution in [3.8, 4) is 0 Å². The van der Waals surface area contributed by atoms with E-state index in [2.05, 4.69) is 121 Å². The second kappa shape index (κ2) is 23.4. The number of hydrogen-bond acceptors (Lipinski definition) is 8. The van der Waals surface area contributed by atoms with Crippen molar-refractivity contribution in [2.75, 3.05) is 56.9 Å². The molecule has 0 aliphatic carbocycles. The Morgan fingerprint density at radius 2 is 0.439 bits per heavy atom. The third kappa shape index (κ3) is 11.9. The lowest BCUT2D eigenvalue weighted by molar-refractivity contribution is 0.256. The Hall–Kier alpha value is -2.36. The third-order valence-corrected chi connectivity index (χ3v) is 32.2. The van der Waals surface area contributed by atoms with Gasteiger partial charge in [0.15, 0.2) is 0 Å². The van der Waals surface area contributed by atoms with E-state index < -0.39 is 42.3 Å². The number of hydrogen-bond donors (Lipinski definition) is 0. The van der Waals surface area contributed by atoms with Gasteiger partial charge in [-0.25, -0.2) is 0 Å². The van der Waals surface area contributed by atoms with E-state index in [1.54, 1.807) is 0 Å². The molecule has 4 aromatic carbocycles. The van der Waals surface area contributed by atoms with Crippen LogP contribution in [0.4, 0.5) is 0 Å². The van der Waals surface area contributed by atoms with E-state index in [9.17, 15) is 0 Å². The summed E-state index contributed by atoms with van der Waals surface area (Å²) in [6.07, 6.45) is 4.15. The summed E-state index contributed by atoms with van der Waals surface area (Å²) < 4.78 is 50.8. The maximum atomic E-state index is 6.35. The highest BCUT2D eigenvalue weighted by molar-refractivity contribution is 6.84. The largest absolute Gasteiger partial charge is 0.394 e. The van der Waals surface area contributed by atoms with Crippen molar-refractivity contribution in [2.45, 2.75) is 74.0 Å². The van der Waals surface area contributed by atoms with Crippen LogP contribution in [-0.2, 0) is 35.4 Å². The molecule has 0 amide bonds. The fourth-order valence-electron chi connectivity index (χ4n) is 8.97. The second-order valence-electron chi connectivity index (χ2n) is 15.0. The average Bonchev–Trinajstić information content (AvgIpc) is 3.28. The van der Waals surface area contributed by atoms with Gasteiger partial charge in [0.25, 0.3) is 0 Å². The monoisotopic (exact) mass is 864 g/mol. The quantitative estimate of drug-likeness (QED) is 0.0543. The molecule has 0 aliphatic rings. The van der Waals surface area contributed by atoms with Gasteiger partial charge in [-0.2, -0.15) is 0 Å². The lowest BCUT2D eigenvalue weighted by atomic mass is 10.4. The lowest BCUT2D eigenvalue weighted by Gasteiger charge is -2.37.